The molecule has 9 nitrogen and oxygen atoms in total. The third-order valence-corrected chi connectivity index (χ3v) is 6.23. The van der Waals surface area contributed by atoms with E-state index in [0.717, 1.165) is 40.7 Å². The number of aromatic amines is 1. The number of nitrogens with zero attached hydrogens (tertiary/aromatic N) is 6. The monoisotopic (exact) mass is 401 g/mol. The van der Waals surface area contributed by atoms with Crippen LogP contribution in [-0.2, 0) is 0 Å². The lowest BCUT2D eigenvalue weighted by molar-refractivity contribution is 0.230. The Hall–Kier alpha value is -3.33. The summed E-state index contributed by atoms with van der Waals surface area (Å²) < 4.78 is 1.82. The summed E-state index contributed by atoms with van der Waals surface area (Å²) in [5.41, 5.74) is 3.51. The van der Waals surface area contributed by atoms with Crippen LogP contribution in [0.3, 0.4) is 0 Å². The van der Waals surface area contributed by atoms with E-state index in [9.17, 15) is 0 Å². The van der Waals surface area contributed by atoms with Gasteiger partial charge in [0.05, 0.1) is 23.6 Å². The van der Waals surface area contributed by atoms with Gasteiger partial charge in [0.1, 0.15) is 5.69 Å². The van der Waals surface area contributed by atoms with Crippen molar-refractivity contribution in [3.8, 4) is 16.9 Å². The van der Waals surface area contributed by atoms with E-state index in [0.29, 0.717) is 24.1 Å². The Balaban J connectivity index is 1.25. The Morgan fingerprint density at radius 3 is 2.73 bits per heavy atom. The largest absolute Gasteiger partial charge is 0.350 e. The van der Waals surface area contributed by atoms with Gasteiger partial charge in [-0.15, -0.1) is 10.2 Å². The molecule has 2 bridgehead atoms. The quantitative estimate of drug-likeness (QED) is 0.482. The Morgan fingerprint density at radius 1 is 1.07 bits per heavy atom. The van der Waals surface area contributed by atoms with Gasteiger partial charge in [0, 0.05) is 41.5 Å². The predicted octanol–water partition coefficient (Wildman–Crippen LogP) is 2.69. The molecule has 0 amide bonds. The van der Waals surface area contributed by atoms with Gasteiger partial charge >= 0.3 is 0 Å². The molecule has 6 rings (SSSR count). The van der Waals surface area contributed by atoms with Crippen LogP contribution in [0.15, 0.2) is 43.0 Å². The van der Waals surface area contributed by atoms with E-state index in [1.165, 1.54) is 19.3 Å². The molecule has 30 heavy (non-hydrogen) atoms. The summed E-state index contributed by atoms with van der Waals surface area (Å²) in [6, 6.07) is 7.55. The Kier molecular flexibility index (Phi) is 4.19. The van der Waals surface area contributed by atoms with E-state index in [-0.39, 0.29) is 0 Å². The Morgan fingerprint density at radius 2 is 1.97 bits per heavy atom. The number of fused-ring (bicyclic) bond motifs is 3. The third kappa shape index (κ3) is 3.11. The standard InChI is InChI=1S/C21H23N9/c1-3-13-9-15(10-14(4-1)25-13)26-21-22-12-18(27-29-21)16-5-6-19(30-8-2-7-24-30)20-17(16)11-23-28-20/h2,5-8,11-15,25H,1,3-4,9-10H2,(H,23,28)(H,22,26,29)/t13-,14+,15?. The summed E-state index contributed by atoms with van der Waals surface area (Å²) in [4.78, 5) is 4.55. The maximum atomic E-state index is 4.55. The van der Waals surface area contributed by atoms with E-state index in [1.807, 2.05) is 29.1 Å². The number of H-pyrrole nitrogens is 1. The predicted molar refractivity (Wildman–Crippen MR) is 113 cm³/mol. The zero-order valence-corrected chi connectivity index (χ0v) is 16.5. The van der Waals surface area contributed by atoms with E-state index >= 15 is 0 Å². The molecule has 2 saturated heterocycles. The summed E-state index contributed by atoms with van der Waals surface area (Å²) in [7, 11) is 0. The number of hydrogen-bond acceptors (Lipinski definition) is 7. The van der Waals surface area contributed by atoms with Gasteiger partial charge in [-0.25, -0.2) is 9.67 Å². The van der Waals surface area contributed by atoms with Gasteiger partial charge in [-0.2, -0.15) is 10.2 Å². The number of hydrogen-bond donors (Lipinski definition) is 3. The highest BCUT2D eigenvalue weighted by Gasteiger charge is 2.31. The van der Waals surface area contributed by atoms with Crippen LogP contribution < -0.4 is 10.6 Å². The van der Waals surface area contributed by atoms with E-state index in [2.05, 4.69) is 41.1 Å². The van der Waals surface area contributed by atoms with Gasteiger partial charge < -0.3 is 10.6 Å². The van der Waals surface area contributed by atoms with Crippen molar-refractivity contribution in [2.24, 2.45) is 0 Å². The van der Waals surface area contributed by atoms with Crippen molar-refractivity contribution in [3.63, 3.8) is 0 Å². The molecule has 4 aromatic rings. The Labute approximate surface area is 173 Å². The molecule has 0 spiro atoms. The molecule has 0 aliphatic carbocycles. The molecule has 5 heterocycles. The maximum Gasteiger partial charge on any atom is 0.242 e. The lowest BCUT2D eigenvalue weighted by atomic mass is 9.84. The van der Waals surface area contributed by atoms with Gasteiger partial charge in [0.25, 0.3) is 0 Å². The number of nitrogens with one attached hydrogen (secondary N) is 3. The number of aromatic nitrogens is 7. The molecule has 3 aromatic heterocycles. The van der Waals surface area contributed by atoms with Crippen LogP contribution in [0, 0.1) is 0 Å². The Bertz CT molecular complexity index is 1140. The van der Waals surface area contributed by atoms with Crippen molar-refractivity contribution in [2.45, 2.75) is 50.2 Å². The van der Waals surface area contributed by atoms with Crippen LogP contribution in [0.4, 0.5) is 5.95 Å². The highest BCUT2D eigenvalue weighted by atomic mass is 15.3. The summed E-state index contributed by atoms with van der Waals surface area (Å²) in [6.45, 7) is 0. The molecule has 1 unspecified atom stereocenters. The normalized spacial score (nSPS) is 23.5. The molecule has 2 fully saturated rings. The van der Waals surface area contributed by atoms with Crippen molar-refractivity contribution in [1.29, 1.82) is 0 Å². The average Bonchev–Trinajstić information content (AvgIpc) is 3.46. The maximum absolute atomic E-state index is 4.55. The SMILES string of the molecule is c1cnn(-c2ccc(-c3cnc(NC4C[C@H]5CCC[C@@H](C4)N5)nn3)c3cn[nH]c23)c1. The minimum absolute atomic E-state index is 0.406. The second-order valence-corrected chi connectivity index (χ2v) is 8.21. The molecule has 1 aromatic carbocycles. The zero-order valence-electron chi connectivity index (χ0n) is 16.5. The highest BCUT2D eigenvalue weighted by Crippen LogP contribution is 2.30. The summed E-state index contributed by atoms with van der Waals surface area (Å²) >= 11 is 0. The first kappa shape index (κ1) is 17.5. The lowest BCUT2D eigenvalue weighted by Gasteiger charge is -2.40. The number of rotatable bonds is 4. The highest BCUT2D eigenvalue weighted by molar-refractivity contribution is 5.97. The molecular weight excluding hydrogens is 378 g/mol. The zero-order chi connectivity index (χ0) is 19.9. The molecule has 2 aliphatic heterocycles. The summed E-state index contributed by atoms with van der Waals surface area (Å²) in [5, 5.41) is 28.6. The van der Waals surface area contributed by atoms with E-state index in [1.54, 1.807) is 18.6 Å². The second-order valence-electron chi connectivity index (χ2n) is 8.21. The second kappa shape index (κ2) is 7.17. The fraction of sp³-hybridized carbons (Fsp3) is 0.381. The first-order valence-corrected chi connectivity index (χ1v) is 10.5. The average molecular weight is 401 g/mol. The molecule has 3 atom stereocenters. The van der Waals surface area contributed by atoms with Crippen LogP contribution >= 0.6 is 0 Å². The van der Waals surface area contributed by atoms with Crippen LogP contribution in [0.5, 0.6) is 0 Å². The van der Waals surface area contributed by atoms with Crippen LogP contribution in [0.25, 0.3) is 27.8 Å². The minimum atomic E-state index is 0.406. The molecule has 2 aliphatic rings. The molecule has 0 saturated carbocycles. The van der Waals surface area contributed by atoms with Crippen LogP contribution in [0.2, 0.25) is 0 Å². The van der Waals surface area contributed by atoms with Gasteiger partial charge in [-0.1, -0.05) is 6.42 Å². The van der Waals surface area contributed by atoms with Gasteiger partial charge in [-0.3, -0.25) is 5.10 Å². The van der Waals surface area contributed by atoms with Crippen molar-refractivity contribution < 1.29 is 0 Å². The minimum Gasteiger partial charge on any atom is -0.350 e. The molecule has 0 radical (unpaired) electrons. The van der Waals surface area contributed by atoms with Crippen molar-refractivity contribution >= 4 is 16.9 Å². The van der Waals surface area contributed by atoms with E-state index < -0.39 is 0 Å². The van der Waals surface area contributed by atoms with Crippen LogP contribution in [0.1, 0.15) is 32.1 Å². The summed E-state index contributed by atoms with van der Waals surface area (Å²) in [6.07, 6.45) is 13.4. The van der Waals surface area contributed by atoms with Gasteiger partial charge in [0.2, 0.25) is 5.95 Å². The van der Waals surface area contributed by atoms with Crippen molar-refractivity contribution in [1.82, 2.24) is 40.5 Å². The number of anilines is 1. The summed E-state index contributed by atoms with van der Waals surface area (Å²) in [5.74, 6) is 0.598. The van der Waals surface area contributed by atoms with Gasteiger partial charge in [-0.05, 0) is 43.9 Å². The van der Waals surface area contributed by atoms with Gasteiger partial charge in [0.15, 0.2) is 0 Å². The fourth-order valence-electron chi connectivity index (χ4n) is 4.88. The first-order chi connectivity index (χ1) is 14.8. The fourth-order valence-corrected chi connectivity index (χ4v) is 4.88. The molecule has 9 heteroatoms. The van der Waals surface area contributed by atoms with Crippen molar-refractivity contribution in [3.05, 3.63) is 43.0 Å². The number of benzene rings is 1. The lowest BCUT2D eigenvalue weighted by Crippen LogP contribution is -2.52. The molecule has 152 valence electrons. The number of piperidine rings is 2. The smallest absolute Gasteiger partial charge is 0.242 e. The first-order valence-electron chi connectivity index (χ1n) is 10.5. The topological polar surface area (TPSA) is 109 Å². The molecule has 3 N–H and O–H groups in total. The van der Waals surface area contributed by atoms with Crippen LogP contribution in [-0.4, -0.2) is 53.3 Å². The van der Waals surface area contributed by atoms with E-state index in [4.69, 9.17) is 0 Å². The third-order valence-electron chi connectivity index (χ3n) is 6.23. The molecular formula is C21H23N9. The van der Waals surface area contributed by atoms with Crippen molar-refractivity contribution in [2.75, 3.05) is 5.32 Å².